The van der Waals surface area contributed by atoms with Gasteiger partial charge in [-0.2, -0.15) is 0 Å². The summed E-state index contributed by atoms with van der Waals surface area (Å²) in [5.41, 5.74) is 4.79. The van der Waals surface area contributed by atoms with E-state index < -0.39 is 0 Å². The first-order valence-electron chi connectivity index (χ1n) is 6.49. The Kier molecular flexibility index (Phi) is 3.10. The maximum absolute atomic E-state index is 9.28. The number of aliphatic hydroxyl groups is 1. The number of fused-ring (bicyclic) bond motifs is 1. The summed E-state index contributed by atoms with van der Waals surface area (Å²) < 4.78 is 2.15. The van der Waals surface area contributed by atoms with Gasteiger partial charge in [0.25, 0.3) is 0 Å². The third-order valence-electron chi connectivity index (χ3n) is 3.56. The maximum Gasteiger partial charge on any atom is 0.0682 e. The largest absolute Gasteiger partial charge is 0.392 e. The molecule has 1 heterocycles. The van der Waals surface area contributed by atoms with E-state index in [1.807, 2.05) is 12.1 Å². The summed E-state index contributed by atoms with van der Waals surface area (Å²) in [6.45, 7) is 0.0929. The van der Waals surface area contributed by atoms with E-state index >= 15 is 0 Å². The van der Waals surface area contributed by atoms with Crippen LogP contribution < -0.4 is 0 Å². The minimum Gasteiger partial charge on any atom is -0.392 e. The Morgan fingerprint density at radius 3 is 2.53 bits per heavy atom. The van der Waals surface area contributed by atoms with E-state index in [-0.39, 0.29) is 6.61 Å². The van der Waals surface area contributed by atoms with E-state index in [1.54, 1.807) is 0 Å². The topological polar surface area (TPSA) is 25.2 Å². The molecule has 2 nitrogen and oxygen atoms in total. The van der Waals surface area contributed by atoms with Crippen molar-refractivity contribution < 1.29 is 5.11 Å². The zero-order valence-electron chi connectivity index (χ0n) is 11.0. The van der Waals surface area contributed by atoms with Crippen molar-refractivity contribution in [2.24, 2.45) is 7.05 Å². The third-order valence-corrected chi connectivity index (χ3v) is 3.56. The van der Waals surface area contributed by atoms with Gasteiger partial charge < -0.3 is 9.67 Å². The molecule has 0 aliphatic carbocycles. The van der Waals surface area contributed by atoms with Crippen molar-refractivity contribution in [3.63, 3.8) is 0 Å². The predicted octanol–water partition coefficient (Wildman–Crippen LogP) is 3.26. The highest BCUT2D eigenvalue weighted by atomic mass is 16.3. The number of aryl methyl sites for hydroxylation is 1. The molecule has 0 aliphatic rings. The van der Waals surface area contributed by atoms with Crippen LogP contribution >= 0.6 is 0 Å². The Hall–Kier alpha value is -2.06. The molecule has 0 spiro atoms. The summed E-state index contributed by atoms with van der Waals surface area (Å²) in [7, 11) is 2.06. The van der Waals surface area contributed by atoms with E-state index in [4.69, 9.17) is 0 Å². The zero-order chi connectivity index (χ0) is 13.2. The Morgan fingerprint density at radius 2 is 1.79 bits per heavy atom. The first kappa shape index (κ1) is 12.0. The summed E-state index contributed by atoms with van der Waals surface area (Å²) in [5.74, 6) is 0. The van der Waals surface area contributed by atoms with Crippen LogP contribution in [0.4, 0.5) is 0 Å². The summed E-state index contributed by atoms with van der Waals surface area (Å²) in [4.78, 5) is 0. The number of benzene rings is 2. The van der Waals surface area contributed by atoms with Crippen molar-refractivity contribution in [1.82, 2.24) is 4.57 Å². The molecule has 96 valence electrons. The molecule has 0 saturated carbocycles. The van der Waals surface area contributed by atoms with Crippen LogP contribution in [0.1, 0.15) is 16.7 Å². The van der Waals surface area contributed by atoms with Crippen LogP contribution in [0.2, 0.25) is 0 Å². The van der Waals surface area contributed by atoms with Crippen molar-refractivity contribution in [3.05, 3.63) is 71.4 Å². The average Bonchev–Trinajstić information content (AvgIpc) is 2.76. The first-order chi connectivity index (χ1) is 9.28. The molecule has 1 aromatic heterocycles. The van der Waals surface area contributed by atoms with Crippen molar-refractivity contribution in [2.75, 3.05) is 0 Å². The minimum absolute atomic E-state index is 0.0929. The second kappa shape index (κ2) is 4.90. The van der Waals surface area contributed by atoms with Gasteiger partial charge in [0.1, 0.15) is 0 Å². The smallest absolute Gasteiger partial charge is 0.0682 e. The van der Waals surface area contributed by atoms with E-state index in [0.717, 1.165) is 12.0 Å². The lowest BCUT2D eigenvalue weighted by Gasteiger charge is -2.02. The van der Waals surface area contributed by atoms with Crippen LogP contribution in [0, 0.1) is 0 Å². The molecule has 2 aromatic carbocycles. The molecule has 0 atom stereocenters. The molecule has 0 amide bonds. The van der Waals surface area contributed by atoms with Gasteiger partial charge in [-0.05, 0) is 35.2 Å². The Balaban J connectivity index is 2.08. The fourth-order valence-electron chi connectivity index (χ4n) is 2.58. The second-order valence-electron chi connectivity index (χ2n) is 4.94. The number of nitrogens with zero attached hydrogens (tertiary/aromatic N) is 1. The van der Waals surface area contributed by atoms with Gasteiger partial charge in [-0.15, -0.1) is 0 Å². The van der Waals surface area contributed by atoms with Crippen molar-refractivity contribution in [3.8, 4) is 0 Å². The molecular weight excluding hydrogens is 234 g/mol. The fraction of sp³-hybridized carbons (Fsp3) is 0.176. The van der Waals surface area contributed by atoms with Gasteiger partial charge in [-0.25, -0.2) is 0 Å². The predicted molar refractivity (Wildman–Crippen MR) is 78.1 cm³/mol. The van der Waals surface area contributed by atoms with E-state index in [9.17, 15) is 5.11 Å². The van der Waals surface area contributed by atoms with Crippen LogP contribution in [-0.2, 0) is 20.1 Å². The van der Waals surface area contributed by atoms with Crippen LogP contribution in [-0.4, -0.2) is 9.67 Å². The highest BCUT2D eigenvalue weighted by Gasteiger charge is 2.07. The summed E-state index contributed by atoms with van der Waals surface area (Å²) in [5, 5.41) is 10.5. The van der Waals surface area contributed by atoms with Crippen LogP contribution in [0.5, 0.6) is 0 Å². The quantitative estimate of drug-likeness (QED) is 0.759. The average molecular weight is 251 g/mol. The molecule has 0 saturated heterocycles. The van der Waals surface area contributed by atoms with Crippen molar-refractivity contribution in [1.29, 1.82) is 0 Å². The molecule has 0 radical (unpaired) electrons. The second-order valence-corrected chi connectivity index (χ2v) is 4.94. The van der Waals surface area contributed by atoms with Crippen LogP contribution in [0.15, 0.2) is 54.7 Å². The lowest BCUT2D eigenvalue weighted by Crippen LogP contribution is -1.87. The van der Waals surface area contributed by atoms with Gasteiger partial charge in [-0.1, -0.05) is 36.4 Å². The van der Waals surface area contributed by atoms with E-state index in [0.29, 0.717) is 0 Å². The fourth-order valence-corrected chi connectivity index (χ4v) is 2.58. The molecule has 0 bridgehead atoms. The first-order valence-corrected chi connectivity index (χ1v) is 6.49. The van der Waals surface area contributed by atoms with E-state index in [2.05, 4.69) is 54.2 Å². The number of hydrogen-bond donors (Lipinski definition) is 1. The molecule has 2 heteroatoms. The lowest BCUT2D eigenvalue weighted by molar-refractivity contribution is 0.282. The molecule has 19 heavy (non-hydrogen) atoms. The summed E-state index contributed by atoms with van der Waals surface area (Å²) in [6.07, 6.45) is 3.10. The Bertz CT molecular complexity index is 698. The van der Waals surface area contributed by atoms with Crippen LogP contribution in [0.25, 0.3) is 10.9 Å². The molecule has 3 rings (SSSR count). The standard InChI is InChI=1S/C17H17NO/c1-18-11-15(9-13-5-3-2-4-6-13)16-10-14(12-19)7-8-17(16)18/h2-8,10-11,19H,9,12H2,1H3. The normalized spacial score (nSPS) is 11.1. The zero-order valence-corrected chi connectivity index (χ0v) is 11.0. The summed E-state index contributed by atoms with van der Waals surface area (Å²) >= 11 is 0. The van der Waals surface area contributed by atoms with Gasteiger partial charge in [0.15, 0.2) is 0 Å². The lowest BCUT2D eigenvalue weighted by atomic mass is 10.0. The van der Waals surface area contributed by atoms with Gasteiger partial charge in [-0.3, -0.25) is 0 Å². The molecule has 3 aromatic rings. The molecule has 0 unspecified atom stereocenters. The Labute approximate surface area is 112 Å². The highest BCUT2D eigenvalue weighted by molar-refractivity contribution is 5.85. The SMILES string of the molecule is Cn1cc(Cc2ccccc2)c2cc(CO)ccc21. The third kappa shape index (κ3) is 2.27. The molecular formula is C17H17NO. The Morgan fingerprint density at radius 1 is 1.00 bits per heavy atom. The number of aromatic nitrogens is 1. The molecule has 0 fully saturated rings. The number of rotatable bonds is 3. The van der Waals surface area contributed by atoms with E-state index in [1.165, 1.54) is 22.0 Å². The van der Waals surface area contributed by atoms with Crippen molar-refractivity contribution in [2.45, 2.75) is 13.0 Å². The van der Waals surface area contributed by atoms with Crippen LogP contribution in [0.3, 0.4) is 0 Å². The molecule has 1 N–H and O–H groups in total. The number of aliphatic hydroxyl groups excluding tert-OH is 1. The van der Waals surface area contributed by atoms with Crippen molar-refractivity contribution >= 4 is 10.9 Å². The van der Waals surface area contributed by atoms with Gasteiger partial charge in [0, 0.05) is 24.1 Å². The maximum atomic E-state index is 9.28. The monoisotopic (exact) mass is 251 g/mol. The minimum atomic E-state index is 0.0929. The van der Waals surface area contributed by atoms with Gasteiger partial charge in [0.2, 0.25) is 0 Å². The van der Waals surface area contributed by atoms with Gasteiger partial charge >= 0.3 is 0 Å². The molecule has 0 aliphatic heterocycles. The summed E-state index contributed by atoms with van der Waals surface area (Å²) in [6, 6.07) is 16.6. The number of hydrogen-bond acceptors (Lipinski definition) is 1. The highest BCUT2D eigenvalue weighted by Crippen LogP contribution is 2.24. The van der Waals surface area contributed by atoms with Gasteiger partial charge in [0.05, 0.1) is 6.61 Å².